The summed E-state index contributed by atoms with van der Waals surface area (Å²) < 4.78 is 0. The SMILES string of the molecule is CC(=O)/C(C=O)=C(\C)c1ccc(Nc2cnc(N3CCNCC3)cn2)nc1. The zero-order valence-corrected chi connectivity index (χ0v) is 15.4. The van der Waals surface area contributed by atoms with Crippen LogP contribution in [0.4, 0.5) is 17.5 Å². The number of aldehydes is 1. The number of hydrogen-bond acceptors (Lipinski definition) is 8. The normalized spacial score (nSPS) is 15.1. The molecule has 1 fully saturated rings. The van der Waals surface area contributed by atoms with Crippen LogP contribution in [0, 0.1) is 0 Å². The molecule has 0 saturated carbocycles. The van der Waals surface area contributed by atoms with Crippen LogP contribution < -0.4 is 15.5 Å². The van der Waals surface area contributed by atoms with Gasteiger partial charge in [-0.25, -0.2) is 15.0 Å². The molecule has 8 nitrogen and oxygen atoms in total. The van der Waals surface area contributed by atoms with Crippen LogP contribution in [0.3, 0.4) is 0 Å². The molecular weight excluding hydrogens is 344 g/mol. The van der Waals surface area contributed by atoms with Crippen molar-refractivity contribution in [3.63, 3.8) is 0 Å². The summed E-state index contributed by atoms with van der Waals surface area (Å²) in [5, 5.41) is 6.40. The number of nitrogens with zero attached hydrogens (tertiary/aromatic N) is 4. The molecular formula is C19H22N6O2. The molecule has 0 radical (unpaired) electrons. The third kappa shape index (κ3) is 4.53. The molecule has 140 valence electrons. The number of anilines is 3. The first-order valence-electron chi connectivity index (χ1n) is 8.76. The Hall–Kier alpha value is -3.13. The number of ketones is 1. The maximum absolute atomic E-state index is 11.5. The zero-order chi connectivity index (χ0) is 19.2. The fourth-order valence-corrected chi connectivity index (χ4v) is 2.85. The van der Waals surface area contributed by atoms with Crippen LogP contribution >= 0.6 is 0 Å². The van der Waals surface area contributed by atoms with E-state index in [1.807, 2.05) is 0 Å². The number of piperazine rings is 1. The number of carbonyl (C=O) groups excluding carboxylic acids is 2. The average molecular weight is 366 g/mol. The molecule has 8 heteroatoms. The van der Waals surface area contributed by atoms with Crippen LogP contribution in [-0.2, 0) is 9.59 Å². The van der Waals surface area contributed by atoms with E-state index in [0.717, 1.165) is 37.6 Å². The van der Waals surface area contributed by atoms with Crippen molar-refractivity contribution < 1.29 is 9.59 Å². The molecule has 1 saturated heterocycles. The predicted molar refractivity (Wildman–Crippen MR) is 104 cm³/mol. The monoisotopic (exact) mass is 366 g/mol. The number of nitrogens with one attached hydrogen (secondary N) is 2. The Labute approximate surface area is 157 Å². The highest BCUT2D eigenvalue weighted by Crippen LogP contribution is 2.20. The summed E-state index contributed by atoms with van der Waals surface area (Å²) in [6.07, 6.45) is 5.63. The highest BCUT2D eigenvalue weighted by molar-refractivity contribution is 6.16. The highest BCUT2D eigenvalue weighted by atomic mass is 16.1. The second-order valence-corrected chi connectivity index (χ2v) is 6.27. The number of rotatable bonds is 6. The number of carbonyl (C=O) groups is 2. The molecule has 0 spiro atoms. The van der Waals surface area contributed by atoms with Crippen molar-refractivity contribution in [2.24, 2.45) is 0 Å². The van der Waals surface area contributed by atoms with E-state index in [-0.39, 0.29) is 11.4 Å². The molecule has 0 atom stereocenters. The van der Waals surface area contributed by atoms with E-state index >= 15 is 0 Å². The second-order valence-electron chi connectivity index (χ2n) is 6.27. The first kappa shape index (κ1) is 18.7. The first-order valence-corrected chi connectivity index (χ1v) is 8.76. The molecule has 0 unspecified atom stereocenters. The standard InChI is InChI=1S/C19H22N6O2/c1-13(16(12-26)14(2)27)15-3-4-17(21-9-15)24-18-10-23-19(11-22-18)25-7-5-20-6-8-25/h3-4,9-12,20H,5-8H2,1-2H3,(H,21,22,24)/b16-13+. The van der Waals surface area contributed by atoms with Gasteiger partial charge in [0.05, 0.1) is 18.0 Å². The van der Waals surface area contributed by atoms with Crippen LogP contribution in [0.25, 0.3) is 5.57 Å². The maximum Gasteiger partial charge on any atom is 0.163 e. The van der Waals surface area contributed by atoms with Gasteiger partial charge in [-0.2, -0.15) is 0 Å². The topological polar surface area (TPSA) is 100 Å². The molecule has 2 aromatic rings. The summed E-state index contributed by atoms with van der Waals surface area (Å²) >= 11 is 0. The molecule has 0 aromatic carbocycles. The third-order valence-corrected chi connectivity index (χ3v) is 4.43. The van der Waals surface area contributed by atoms with Gasteiger partial charge in [0.25, 0.3) is 0 Å². The third-order valence-electron chi connectivity index (χ3n) is 4.43. The van der Waals surface area contributed by atoms with E-state index in [4.69, 9.17) is 0 Å². The van der Waals surface area contributed by atoms with Crippen molar-refractivity contribution in [1.82, 2.24) is 20.3 Å². The van der Waals surface area contributed by atoms with Gasteiger partial charge in [-0.05, 0) is 37.1 Å². The van der Waals surface area contributed by atoms with Gasteiger partial charge < -0.3 is 15.5 Å². The van der Waals surface area contributed by atoms with E-state index in [1.54, 1.807) is 37.6 Å². The predicted octanol–water partition coefficient (Wildman–Crippen LogP) is 1.59. The van der Waals surface area contributed by atoms with Crippen LogP contribution in [0.15, 0.2) is 36.3 Å². The van der Waals surface area contributed by atoms with Crippen molar-refractivity contribution in [2.45, 2.75) is 13.8 Å². The van der Waals surface area contributed by atoms with Gasteiger partial charge in [-0.1, -0.05) is 0 Å². The lowest BCUT2D eigenvalue weighted by atomic mass is 10.0. The van der Waals surface area contributed by atoms with Gasteiger partial charge in [-0.15, -0.1) is 0 Å². The molecule has 0 bridgehead atoms. The summed E-state index contributed by atoms with van der Waals surface area (Å²) in [6.45, 7) is 6.83. The fraction of sp³-hybridized carbons (Fsp3) is 0.316. The Kier molecular flexibility index (Phi) is 5.87. The molecule has 0 amide bonds. The minimum absolute atomic E-state index is 0.159. The summed E-state index contributed by atoms with van der Waals surface area (Å²) in [5.74, 6) is 1.80. The van der Waals surface area contributed by atoms with E-state index in [1.165, 1.54) is 6.92 Å². The first-order chi connectivity index (χ1) is 13.1. The Morgan fingerprint density at radius 2 is 1.81 bits per heavy atom. The lowest BCUT2D eigenvalue weighted by Gasteiger charge is -2.28. The van der Waals surface area contributed by atoms with Gasteiger partial charge in [0, 0.05) is 32.4 Å². The quantitative estimate of drug-likeness (QED) is 0.344. The van der Waals surface area contributed by atoms with Gasteiger partial charge in [0.1, 0.15) is 17.5 Å². The van der Waals surface area contributed by atoms with E-state index in [2.05, 4.69) is 30.5 Å². The van der Waals surface area contributed by atoms with Gasteiger partial charge >= 0.3 is 0 Å². The van der Waals surface area contributed by atoms with Crippen molar-refractivity contribution >= 4 is 35.1 Å². The summed E-state index contributed by atoms with van der Waals surface area (Å²) in [4.78, 5) is 37.9. The Balaban J connectivity index is 1.69. The van der Waals surface area contributed by atoms with E-state index < -0.39 is 0 Å². The Morgan fingerprint density at radius 3 is 2.37 bits per heavy atom. The minimum Gasteiger partial charge on any atom is -0.353 e. The van der Waals surface area contributed by atoms with Crippen molar-refractivity contribution in [3.8, 4) is 0 Å². The number of hydrogen-bond donors (Lipinski definition) is 2. The molecule has 1 aliphatic heterocycles. The van der Waals surface area contributed by atoms with Crippen LogP contribution in [0.1, 0.15) is 19.4 Å². The Morgan fingerprint density at radius 1 is 1.07 bits per heavy atom. The van der Waals surface area contributed by atoms with Crippen molar-refractivity contribution in [3.05, 3.63) is 41.9 Å². The number of allylic oxidation sites excluding steroid dienone is 2. The van der Waals surface area contributed by atoms with Gasteiger partial charge in [0.15, 0.2) is 12.1 Å². The lowest BCUT2D eigenvalue weighted by Crippen LogP contribution is -2.43. The average Bonchev–Trinajstić information content (AvgIpc) is 2.70. The lowest BCUT2D eigenvalue weighted by molar-refractivity contribution is -0.115. The van der Waals surface area contributed by atoms with Crippen molar-refractivity contribution in [1.29, 1.82) is 0 Å². The molecule has 3 rings (SSSR count). The Bertz CT molecular complexity index is 840. The van der Waals surface area contributed by atoms with E-state index in [9.17, 15) is 9.59 Å². The zero-order valence-electron chi connectivity index (χ0n) is 15.4. The number of aromatic nitrogens is 3. The minimum atomic E-state index is -0.260. The van der Waals surface area contributed by atoms with Crippen molar-refractivity contribution in [2.75, 3.05) is 36.4 Å². The smallest absolute Gasteiger partial charge is 0.163 e. The van der Waals surface area contributed by atoms with Crippen LogP contribution in [-0.4, -0.2) is 53.2 Å². The maximum atomic E-state index is 11.5. The molecule has 2 aromatic heterocycles. The molecule has 27 heavy (non-hydrogen) atoms. The molecule has 2 N–H and O–H groups in total. The molecule has 1 aliphatic rings. The summed E-state index contributed by atoms with van der Waals surface area (Å²) in [6, 6.07) is 3.58. The van der Waals surface area contributed by atoms with Crippen LogP contribution in [0.5, 0.6) is 0 Å². The highest BCUT2D eigenvalue weighted by Gasteiger charge is 2.12. The van der Waals surface area contributed by atoms with Crippen LogP contribution in [0.2, 0.25) is 0 Å². The molecule has 0 aliphatic carbocycles. The number of pyridine rings is 1. The second kappa shape index (κ2) is 8.50. The van der Waals surface area contributed by atoms with Gasteiger partial charge in [0.2, 0.25) is 0 Å². The summed E-state index contributed by atoms with van der Waals surface area (Å²) in [7, 11) is 0. The summed E-state index contributed by atoms with van der Waals surface area (Å²) in [5.41, 5.74) is 1.49. The largest absolute Gasteiger partial charge is 0.353 e. The molecule has 3 heterocycles. The van der Waals surface area contributed by atoms with Gasteiger partial charge in [-0.3, -0.25) is 9.59 Å². The van der Waals surface area contributed by atoms with E-state index in [0.29, 0.717) is 23.5 Å². The fourth-order valence-electron chi connectivity index (χ4n) is 2.85. The number of Topliss-reactive ketones (excluding diaryl/α,β-unsaturated/α-hetero) is 1.